The Bertz CT molecular complexity index is 663. The van der Waals surface area contributed by atoms with Gasteiger partial charge in [0.05, 0.1) is 0 Å². The Labute approximate surface area is 157 Å². The quantitative estimate of drug-likeness (QED) is 0.718. The van der Waals surface area contributed by atoms with Gasteiger partial charge < -0.3 is 15.8 Å². The van der Waals surface area contributed by atoms with Crippen molar-refractivity contribution in [1.82, 2.24) is 0 Å². The van der Waals surface area contributed by atoms with Crippen molar-refractivity contribution in [3.63, 3.8) is 0 Å². The predicted octanol–water partition coefficient (Wildman–Crippen LogP) is 4.09. The molecule has 0 radical (unpaired) electrons. The second kappa shape index (κ2) is 10.3. The first kappa shape index (κ1) is 20.5. The summed E-state index contributed by atoms with van der Waals surface area (Å²) < 4.78 is 6.49. The summed E-state index contributed by atoms with van der Waals surface area (Å²) >= 11 is 3.48. The van der Waals surface area contributed by atoms with Crippen LogP contribution in [0, 0.1) is 6.92 Å². The number of carbonyl (C=O) groups is 1. The molecule has 0 aliphatic heterocycles. The predicted molar refractivity (Wildman–Crippen MR) is 104 cm³/mol. The molecule has 0 aliphatic carbocycles. The summed E-state index contributed by atoms with van der Waals surface area (Å²) in [5.41, 5.74) is 8.49. The summed E-state index contributed by atoms with van der Waals surface area (Å²) in [6, 6.07) is 13.4. The molecule has 4 nitrogen and oxygen atoms in total. The number of halogens is 2. The summed E-state index contributed by atoms with van der Waals surface area (Å²) in [7, 11) is 0. The van der Waals surface area contributed by atoms with Gasteiger partial charge in [-0.15, -0.1) is 12.4 Å². The number of hydrogen-bond acceptors (Lipinski definition) is 3. The fourth-order valence-electron chi connectivity index (χ4n) is 2.15. The molecule has 1 amide bonds. The van der Waals surface area contributed by atoms with Crippen LogP contribution in [0.15, 0.2) is 46.9 Å². The molecule has 0 saturated carbocycles. The summed E-state index contributed by atoms with van der Waals surface area (Å²) in [6.45, 7) is 3.01. The average molecular weight is 414 g/mol. The molecule has 0 atom stereocenters. The van der Waals surface area contributed by atoms with Crippen molar-refractivity contribution < 1.29 is 9.53 Å². The van der Waals surface area contributed by atoms with E-state index in [1.165, 1.54) is 5.56 Å². The largest absolute Gasteiger partial charge is 0.492 e. The third-order valence-corrected chi connectivity index (χ3v) is 4.28. The highest BCUT2D eigenvalue weighted by Gasteiger charge is 2.05. The molecule has 0 aromatic heterocycles. The normalized spacial score (nSPS) is 9.96. The zero-order chi connectivity index (χ0) is 16.7. The van der Waals surface area contributed by atoms with Crippen molar-refractivity contribution in [3.8, 4) is 5.75 Å². The lowest BCUT2D eigenvalue weighted by atomic mass is 10.1. The fourth-order valence-corrected chi connectivity index (χ4v) is 2.40. The maximum atomic E-state index is 12.0. The summed E-state index contributed by atoms with van der Waals surface area (Å²) in [6.07, 6.45) is 1.17. The van der Waals surface area contributed by atoms with E-state index in [-0.39, 0.29) is 18.3 Å². The van der Waals surface area contributed by atoms with Crippen molar-refractivity contribution in [2.45, 2.75) is 19.8 Å². The van der Waals surface area contributed by atoms with E-state index in [4.69, 9.17) is 10.5 Å². The van der Waals surface area contributed by atoms with Crippen LogP contribution in [0.5, 0.6) is 5.75 Å². The molecule has 0 bridgehead atoms. The third-order valence-electron chi connectivity index (χ3n) is 3.39. The number of nitrogens with two attached hydrogens (primary N) is 1. The first-order chi connectivity index (χ1) is 11.1. The number of aryl methyl sites for hydroxylation is 2. The highest BCUT2D eigenvalue weighted by molar-refractivity contribution is 9.10. The number of anilines is 1. The van der Waals surface area contributed by atoms with E-state index < -0.39 is 0 Å². The molecule has 2 rings (SSSR count). The number of carbonyl (C=O) groups excluding carboxylic acids is 1. The van der Waals surface area contributed by atoms with Gasteiger partial charge in [0.2, 0.25) is 5.91 Å². The maximum Gasteiger partial charge on any atom is 0.224 e. The lowest BCUT2D eigenvalue weighted by molar-refractivity contribution is -0.116. The van der Waals surface area contributed by atoms with Crippen LogP contribution < -0.4 is 15.8 Å². The first-order valence-corrected chi connectivity index (χ1v) is 8.35. The zero-order valence-electron chi connectivity index (χ0n) is 13.5. The van der Waals surface area contributed by atoms with Crippen LogP contribution in [0.1, 0.15) is 17.5 Å². The Morgan fingerprint density at radius 1 is 1.21 bits per heavy atom. The second-order valence-corrected chi connectivity index (χ2v) is 6.15. The number of amides is 1. The molecule has 6 heteroatoms. The van der Waals surface area contributed by atoms with Crippen LogP contribution in [0.25, 0.3) is 0 Å². The monoisotopic (exact) mass is 412 g/mol. The number of benzene rings is 2. The van der Waals surface area contributed by atoms with Gasteiger partial charge in [0, 0.05) is 23.1 Å². The van der Waals surface area contributed by atoms with E-state index in [9.17, 15) is 4.79 Å². The molecular weight excluding hydrogens is 392 g/mol. The third kappa shape index (κ3) is 6.51. The molecule has 0 fully saturated rings. The summed E-state index contributed by atoms with van der Waals surface area (Å²) in [5.74, 6) is 0.750. The lowest BCUT2D eigenvalue weighted by Gasteiger charge is -2.08. The van der Waals surface area contributed by atoms with Gasteiger partial charge in [0.15, 0.2) is 0 Å². The Morgan fingerprint density at radius 3 is 2.54 bits per heavy atom. The van der Waals surface area contributed by atoms with Gasteiger partial charge >= 0.3 is 0 Å². The molecule has 0 saturated heterocycles. The van der Waals surface area contributed by atoms with Crippen LogP contribution in [-0.2, 0) is 11.2 Å². The van der Waals surface area contributed by atoms with E-state index in [1.807, 2.05) is 43.3 Å². The molecule has 130 valence electrons. The zero-order valence-corrected chi connectivity index (χ0v) is 16.0. The summed E-state index contributed by atoms with van der Waals surface area (Å²) in [4.78, 5) is 12.0. The molecule has 0 heterocycles. The van der Waals surface area contributed by atoms with E-state index in [0.29, 0.717) is 19.6 Å². The minimum Gasteiger partial charge on any atom is -0.492 e. The van der Waals surface area contributed by atoms with E-state index in [1.54, 1.807) is 0 Å². The minimum absolute atomic E-state index is 0. The average Bonchev–Trinajstić information content (AvgIpc) is 2.55. The van der Waals surface area contributed by atoms with Crippen molar-refractivity contribution >= 4 is 39.9 Å². The van der Waals surface area contributed by atoms with Crippen LogP contribution in [0.4, 0.5) is 5.69 Å². The van der Waals surface area contributed by atoms with Gasteiger partial charge in [-0.05, 0) is 54.8 Å². The van der Waals surface area contributed by atoms with Crippen molar-refractivity contribution in [2.24, 2.45) is 5.73 Å². The van der Waals surface area contributed by atoms with E-state index >= 15 is 0 Å². The van der Waals surface area contributed by atoms with Crippen molar-refractivity contribution in [2.75, 3.05) is 18.5 Å². The summed E-state index contributed by atoms with van der Waals surface area (Å²) in [5, 5.41) is 2.89. The molecule has 3 N–H and O–H groups in total. The number of nitrogens with one attached hydrogen (secondary N) is 1. The van der Waals surface area contributed by atoms with Crippen LogP contribution >= 0.6 is 28.3 Å². The molecular formula is C18H22BrClN2O2. The minimum atomic E-state index is 0. The highest BCUT2D eigenvalue weighted by Crippen LogP contribution is 2.19. The number of rotatable bonds is 7. The SMILES string of the molecule is Cc1cc(CCC(=O)Nc2ccc(OCCN)cc2)ccc1Br.Cl. The lowest BCUT2D eigenvalue weighted by Crippen LogP contribution is -2.12. The Morgan fingerprint density at radius 2 is 1.92 bits per heavy atom. The number of hydrogen-bond donors (Lipinski definition) is 2. The Hall–Kier alpha value is -1.56. The highest BCUT2D eigenvalue weighted by atomic mass is 79.9. The Balaban J connectivity index is 0.00000288. The first-order valence-electron chi connectivity index (χ1n) is 7.56. The Kier molecular flexibility index (Phi) is 8.82. The van der Waals surface area contributed by atoms with Crippen LogP contribution in [0.2, 0.25) is 0 Å². The molecule has 24 heavy (non-hydrogen) atoms. The van der Waals surface area contributed by atoms with Gasteiger partial charge in [0.25, 0.3) is 0 Å². The molecule has 0 unspecified atom stereocenters. The smallest absolute Gasteiger partial charge is 0.224 e. The topological polar surface area (TPSA) is 64.3 Å². The van der Waals surface area contributed by atoms with Gasteiger partial charge in [-0.2, -0.15) is 0 Å². The molecule has 0 aliphatic rings. The van der Waals surface area contributed by atoms with Gasteiger partial charge in [-0.25, -0.2) is 0 Å². The molecule has 2 aromatic carbocycles. The molecule has 2 aromatic rings. The second-order valence-electron chi connectivity index (χ2n) is 5.29. The van der Waals surface area contributed by atoms with Gasteiger partial charge in [-0.1, -0.05) is 28.1 Å². The molecule has 0 spiro atoms. The van der Waals surface area contributed by atoms with E-state index in [0.717, 1.165) is 27.9 Å². The van der Waals surface area contributed by atoms with Gasteiger partial charge in [-0.3, -0.25) is 4.79 Å². The number of ether oxygens (including phenoxy) is 1. The van der Waals surface area contributed by atoms with Crippen molar-refractivity contribution in [3.05, 3.63) is 58.1 Å². The van der Waals surface area contributed by atoms with E-state index in [2.05, 4.69) is 27.3 Å². The van der Waals surface area contributed by atoms with Gasteiger partial charge in [0.1, 0.15) is 12.4 Å². The van der Waals surface area contributed by atoms with Crippen LogP contribution in [0.3, 0.4) is 0 Å². The fraction of sp³-hybridized carbons (Fsp3) is 0.278. The standard InChI is InChI=1S/C18H21BrN2O2.ClH/c1-13-12-14(2-8-17(13)19)3-9-18(22)21-15-4-6-16(7-5-15)23-11-10-20;/h2,4-8,12H,3,9-11,20H2,1H3,(H,21,22);1H. The maximum absolute atomic E-state index is 12.0. The van der Waals surface area contributed by atoms with Crippen molar-refractivity contribution in [1.29, 1.82) is 0 Å². The van der Waals surface area contributed by atoms with Crippen LogP contribution in [-0.4, -0.2) is 19.1 Å².